The molecule has 130 valence electrons. The highest BCUT2D eigenvalue weighted by Gasteiger charge is 2.20. The third-order valence-corrected chi connectivity index (χ3v) is 4.50. The van der Waals surface area contributed by atoms with Gasteiger partial charge in [-0.1, -0.05) is 19.3 Å². The van der Waals surface area contributed by atoms with Crippen LogP contribution in [0.3, 0.4) is 0 Å². The predicted molar refractivity (Wildman–Crippen MR) is 104 cm³/mol. The number of hydrogen-bond donors (Lipinski definition) is 2. The third kappa shape index (κ3) is 9.18. The molecule has 0 aliphatic heterocycles. The Morgan fingerprint density at radius 2 is 1.77 bits per heavy atom. The lowest BCUT2D eigenvalue weighted by Crippen LogP contribution is -2.38. The zero-order chi connectivity index (χ0) is 14.8. The van der Waals surface area contributed by atoms with Crippen LogP contribution in [-0.4, -0.2) is 38.8 Å². The smallest absolute Gasteiger partial charge is 0.190 e. The number of rotatable bonds is 9. The normalized spacial score (nSPS) is 19.6. The average Bonchev–Trinajstić information content (AvgIpc) is 3.34. The molecule has 0 radical (unpaired) electrons. The number of hydrogen-bond acceptors (Lipinski definition) is 2. The Kier molecular flexibility index (Phi) is 11.3. The minimum Gasteiger partial charge on any atom is -0.378 e. The van der Waals surface area contributed by atoms with Gasteiger partial charge in [-0.15, -0.1) is 24.0 Å². The standard InChI is InChI=1S/C17H33N3O.HI/c1-18-17(20-14-15-10-11-15)19-12-6-3-7-13-21-16-8-4-2-5-9-16;/h15-16H,2-14H2,1H3,(H2,18,19,20);1H. The summed E-state index contributed by atoms with van der Waals surface area (Å²) in [5.41, 5.74) is 0. The van der Waals surface area contributed by atoms with E-state index in [9.17, 15) is 0 Å². The van der Waals surface area contributed by atoms with Gasteiger partial charge in [0.05, 0.1) is 6.10 Å². The summed E-state index contributed by atoms with van der Waals surface area (Å²) in [6.07, 6.45) is 13.6. The fraction of sp³-hybridized carbons (Fsp3) is 0.941. The maximum absolute atomic E-state index is 5.95. The first-order valence-corrected chi connectivity index (χ1v) is 8.94. The van der Waals surface area contributed by atoms with E-state index in [1.54, 1.807) is 0 Å². The average molecular weight is 423 g/mol. The molecule has 22 heavy (non-hydrogen) atoms. The van der Waals surface area contributed by atoms with Crippen LogP contribution in [0, 0.1) is 5.92 Å². The van der Waals surface area contributed by atoms with E-state index in [2.05, 4.69) is 15.6 Å². The fourth-order valence-corrected chi connectivity index (χ4v) is 2.88. The summed E-state index contributed by atoms with van der Waals surface area (Å²) >= 11 is 0. The predicted octanol–water partition coefficient (Wildman–Crippen LogP) is 3.70. The number of nitrogens with zero attached hydrogens (tertiary/aromatic N) is 1. The highest BCUT2D eigenvalue weighted by molar-refractivity contribution is 14.0. The van der Waals surface area contributed by atoms with Crippen molar-refractivity contribution >= 4 is 29.9 Å². The van der Waals surface area contributed by atoms with Gasteiger partial charge in [0.2, 0.25) is 0 Å². The van der Waals surface area contributed by atoms with Crippen LogP contribution in [0.1, 0.15) is 64.2 Å². The lowest BCUT2D eigenvalue weighted by molar-refractivity contribution is 0.0264. The van der Waals surface area contributed by atoms with Crippen LogP contribution in [0.15, 0.2) is 4.99 Å². The Balaban J connectivity index is 0.00000242. The third-order valence-electron chi connectivity index (χ3n) is 4.50. The summed E-state index contributed by atoms with van der Waals surface area (Å²) in [6, 6.07) is 0. The van der Waals surface area contributed by atoms with E-state index in [4.69, 9.17) is 4.74 Å². The van der Waals surface area contributed by atoms with Crippen molar-refractivity contribution in [2.75, 3.05) is 26.7 Å². The highest BCUT2D eigenvalue weighted by Crippen LogP contribution is 2.27. The Bertz CT molecular complexity index is 302. The molecule has 2 fully saturated rings. The van der Waals surface area contributed by atoms with Crippen LogP contribution in [0.2, 0.25) is 0 Å². The molecular formula is C17H34IN3O. The van der Waals surface area contributed by atoms with Gasteiger partial charge >= 0.3 is 0 Å². The van der Waals surface area contributed by atoms with Gasteiger partial charge in [-0.25, -0.2) is 0 Å². The largest absolute Gasteiger partial charge is 0.378 e. The van der Waals surface area contributed by atoms with Crippen molar-refractivity contribution in [2.24, 2.45) is 10.9 Å². The van der Waals surface area contributed by atoms with Gasteiger partial charge in [0, 0.05) is 26.7 Å². The number of unbranched alkanes of at least 4 members (excludes halogenated alkanes) is 2. The highest BCUT2D eigenvalue weighted by atomic mass is 127. The van der Waals surface area contributed by atoms with Crippen molar-refractivity contribution in [1.29, 1.82) is 0 Å². The van der Waals surface area contributed by atoms with Gasteiger partial charge in [0.15, 0.2) is 5.96 Å². The van der Waals surface area contributed by atoms with Gasteiger partial charge < -0.3 is 15.4 Å². The van der Waals surface area contributed by atoms with Gasteiger partial charge in [-0.2, -0.15) is 0 Å². The second-order valence-electron chi connectivity index (χ2n) is 6.51. The molecule has 0 amide bonds. The van der Waals surface area contributed by atoms with E-state index < -0.39 is 0 Å². The van der Waals surface area contributed by atoms with Crippen molar-refractivity contribution in [1.82, 2.24) is 10.6 Å². The molecule has 2 aliphatic carbocycles. The summed E-state index contributed by atoms with van der Waals surface area (Å²) < 4.78 is 5.95. The Labute approximate surface area is 153 Å². The first-order valence-electron chi connectivity index (χ1n) is 8.94. The van der Waals surface area contributed by atoms with Crippen molar-refractivity contribution in [3.8, 4) is 0 Å². The first kappa shape index (κ1) is 20.0. The van der Waals surface area contributed by atoms with E-state index in [-0.39, 0.29) is 24.0 Å². The monoisotopic (exact) mass is 423 g/mol. The molecule has 0 aromatic carbocycles. The second-order valence-corrected chi connectivity index (χ2v) is 6.51. The van der Waals surface area contributed by atoms with Gasteiger partial charge in [0.25, 0.3) is 0 Å². The number of ether oxygens (including phenoxy) is 1. The molecular weight excluding hydrogens is 389 g/mol. The molecule has 0 saturated heterocycles. The SMILES string of the molecule is CN=C(NCCCCCOC1CCCCC1)NCC1CC1.I. The first-order chi connectivity index (χ1) is 10.4. The molecule has 2 N–H and O–H groups in total. The molecule has 2 rings (SSSR count). The van der Waals surface area contributed by atoms with Crippen LogP contribution in [0.5, 0.6) is 0 Å². The van der Waals surface area contributed by atoms with Crippen molar-refractivity contribution in [3.05, 3.63) is 0 Å². The molecule has 0 aromatic heterocycles. The molecule has 2 aliphatic rings. The van der Waals surface area contributed by atoms with Crippen LogP contribution in [0.4, 0.5) is 0 Å². The van der Waals surface area contributed by atoms with E-state index in [0.29, 0.717) is 6.10 Å². The Morgan fingerprint density at radius 3 is 2.45 bits per heavy atom. The van der Waals surface area contributed by atoms with Crippen LogP contribution in [0.25, 0.3) is 0 Å². The van der Waals surface area contributed by atoms with E-state index >= 15 is 0 Å². The van der Waals surface area contributed by atoms with Gasteiger partial charge in [-0.05, 0) is 50.9 Å². The lowest BCUT2D eigenvalue weighted by Gasteiger charge is -2.21. The number of halogens is 1. The Morgan fingerprint density at radius 1 is 1.00 bits per heavy atom. The zero-order valence-corrected chi connectivity index (χ0v) is 16.4. The van der Waals surface area contributed by atoms with Crippen LogP contribution in [-0.2, 0) is 4.74 Å². The van der Waals surface area contributed by atoms with Crippen molar-refractivity contribution in [2.45, 2.75) is 70.3 Å². The van der Waals surface area contributed by atoms with E-state index in [1.165, 1.54) is 64.2 Å². The molecule has 0 atom stereocenters. The summed E-state index contributed by atoms with van der Waals surface area (Å²) in [4.78, 5) is 4.25. The van der Waals surface area contributed by atoms with E-state index in [0.717, 1.165) is 31.6 Å². The molecule has 2 saturated carbocycles. The topological polar surface area (TPSA) is 45.7 Å². The number of aliphatic imine (C=N–C) groups is 1. The van der Waals surface area contributed by atoms with Crippen LogP contribution < -0.4 is 10.6 Å². The van der Waals surface area contributed by atoms with E-state index in [1.807, 2.05) is 7.05 Å². The molecule has 0 aromatic rings. The maximum atomic E-state index is 5.95. The minimum absolute atomic E-state index is 0. The summed E-state index contributed by atoms with van der Waals surface area (Å²) in [7, 11) is 1.85. The minimum atomic E-state index is 0. The maximum Gasteiger partial charge on any atom is 0.190 e. The van der Waals surface area contributed by atoms with Crippen molar-refractivity contribution < 1.29 is 4.74 Å². The molecule has 4 nitrogen and oxygen atoms in total. The molecule has 0 spiro atoms. The zero-order valence-electron chi connectivity index (χ0n) is 14.1. The summed E-state index contributed by atoms with van der Waals surface area (Å²) in [5.74, 6) is 1.85. The fourth-order valence-electron chi connectivity index (χ4n) is 2.88. The van der Waals surface area contributed by atoms with Crippen LogP contribution >= 0.6 is 24.0 Å². The summed E-state index contributed by atoms with van der Waals surface area (Å²) in [5, 5.41) is 6.78. The summed E-state index contributed by atoms with van der Waals surface area (Å²) in [6.45, 7) is 3.03. The molecule has 5 heteroatoms. The van der Waals surface area contributed by atoms with Gasteiger partial charge in [0.1, 0.15) is 0 Å². The lowest BCUT2D eigenvalue weighted by atomic mass is 9.98. The molecule has 0 unspecified atom stereocenters. The molecule has 0 heterocycles. The second kappa shape index (κ2) is 12.4. The van der Waals surface area contributed by atoms with Gasteiger partial charge in [-0.3, -0.25) is 4.99 Å². The number of guanidine groups is 1. The Hall–Kier alpha value is -0.0400. The number of nitrogens with one attached hydrogen (secondary N) is 2. The van der Waals surface area contributed by atoms with Crippen molar-refractivity contribution in [3.63, 3.8) is 0 Å². The quantitative estimate of drug-likeness (QED) is 0.257. The molecule has 0 bridgehead atoms.